The second kappa shape index (κ2) is 10.4. The van der Waals surface area contributed by atoms with Gasteiger partial charge >= 0.3 is 5.97 Å². The molecule has 1 amide bonds. The predicted molar refractivity (Wildman–Crippen MR) is 113 cm³/mol. The maximum absolute atomic E-state index is 13.2. The van der Waals surface area contributed by atoms with Crippen molar-refractivity contribution in [3.05, 3.63) is 66.2 Å². The Bertz CT molecular complexity index is 1080. The van der Waals surface area contributed by atoms with Gasteiger partial charge in [-0.15, -0.1) is 0 Å². The fraction of sp³-hybridized carbons (Fsp3) is 0.150. The first kappa shape index (κ1) is 22.8. The van der Waals surface area contributed by atoms with Gasteiger partial charge in [0.1, 0.15) is 5.82 Å². The molecule has 0 saturated carbocycles. The maximum atomic E-state index is 13.2. The second-order valence-electron chi connectivity index (χ2n) is 5.94. The maximum Gasteiger partial charge on any atom is 0.357 e. The van der Waals surface area contributed by atoms with Gasteiger partial charge in [0.05, 0.1) is 11.9 Å². The Hall–Kier alpha value is -2.92. The minimum atomic E-state index is -2.65. The summed E-state index contributed by atoms with van der Waals surface area (Å²) in [5, 5.41) is 2.93. The van der Waals surface area contributed by atoms with Gasteiger partial charge in [0.15, 0.2) is 17.5 Å². The summed E-state index contributed by atoms with van der Waals surface area (Å²) in [7, 11) is 0. The molecule has 11 heteroatoms. The van der Waals surface area contributed by atoms with Crippen LogP contribution in [0.3, 0.4) is 0 Å². The van der Waals surface area contributed by atoms with Crippen molar-refractivity contribution in [1.82, 2.24) is 9.55 Å². The number of amides is 1. The molecule has 3 aromatic rings. The zero-order chi connectivity index (χ0) is 22.4. The Morgan fingerprint density at radius 2 is 1.87 bits per heavy atom. The Morgan fingerprint density at radius 1 is 1.16 bits per heavy atom. The highest BCUT2D eigenvalue weighted by Gasteiger charge is 2.20. The van der Waals surface area contributed by atoms with E-state index in [1.165, 1.54) is 58.9 Å². The van der Waals surface area contributed by atoms with Crippen LogP contribution in [0, 0.1) is 5.82 Å². The van der Waals surface area contributed by atoms with Crippen LogP contribution in [0.4, 0.5) is 18.9 Å². The number of carbonyl (C=O) groups is 2. The number of aromatic nitrogens is 2. The summed E-state index contributed by atoms with van der Waals surface area (Å²) in [5.41, 5.74) is 0.741. The van der Waals surface area contributed by atoms with Crippen LogP contribution in [0.25, 0.3) is 5.69 Å². The number of hydrogen-bond donors (Lipinski definition) is 1. The number of ether oxygens (including phenoxy) is 1. The SMILES string of the molecule is CSc1ncc(C(=O)OCC(=O)Nc2ccccc2SC(F)F)n1-c1ccc(F)cc1. The summed E-state index contributed by atoms with van der Waals surface area (Å²) in [6.45, 7) is -0.629. The van der Waals surface area contributed by atoms with Crippen LogP contribution in [-0.2, 0) is 9.53 Å². The van der Waals surface area contributed by atoms with Crippen LogP contribution in [0.15, 0.2) is 64.8 Å². The first-order valence-corrected chi connectivity index (χ1v) is 10.9. The fourth-order valence-corrected chi connectivity index (χ4v) is 3.76. The number of carbonyl (C=O) groups excluding carboxylic acids is 2. The van der Waals surface area contributed by atoms with Crippen molar-refractivity contribution in [1.29, 1.82) is 0 Å². The zero-order valence-electron chi connectivity index (χ0n) is 16.1. The van der Waals surface area contributed by atoms with Crippen LogP contribution in [0.5, 0.6) is 0 Å². The summed E-state index contributed by atoms with van der Waals surface area (Å²) in [5.74, 6) is -4.58. The molecular formula is C20H16F3N3O3S2. The minimum absolute atomic E-state index is 0.0532. The number of nitrogens with one attached hydrogen (secondary N) is 1. The van der Waals surface area contributed by atoms with E-state index in [0.29, 0.717) is 22.6 Å². The predicted octanol–water partition coefficient (Wildman–Crippen LogP) is 4.84. The van der Waals surface area contributed by atoms with Gasteiger partial charge in [-0.1, -0.05) is 35.7 Å². The monoisotopic (exact) mass is 467 g/mol. The van der Waals surface area contributed by atoms with Gasteiger partial charge in [-0.25, -0.2) is 14.2 Å². The number of hydrogen-bond acceptors (Lipinski definition) is 6. The number of anilines is 1. The van der Waals surface area contributed by atoms with Crippen LogP contribution in [0.1, 0.15) is 10.5 Å². The fourth-order valence-electron chi connectivity index (χ4n) is 2.62. The average molecular weight is 467 g/mol. The normalized spacial score (nSPS) is 10.9. The van der Waals surface area contributed by atoms with E-state index in [1.54, 1.807) is 18.4 Å². The molecule has 0 bridgehead atoms. The molecule has 3 rings (SSSR count). The Kier molecular flexibility index (Phi) is 7.64. The van der Waals surface area contributed by atoms with E-state index in [1.807, 2.05) is 0 Å². The van der Waals surface area contributed by atoms with Crippen molar-refractivity contribution >= 4 is 41.1 Å². The van der Waals surface area contributed by atoms with E-state index in [-0.39, 0.29) is 16.3 Å². The highest BCUT2D eigenvalue weighted by molar-refractivity contribution is 7.99. The van der Waals surface area contributed by atoms with E-state index in [4.69, 9.17) is 4.74 Å². The van der Waals surface area contributed by atoms with E-state index in [0.717, 1.165) is 0 Å². The standard InChI is InChI=1S/C20H16F3N3O3S2/c1-30-20-24-10-15(26(20)13-8-6-12(21)7-9-13)18(28)29-11-17(27)25-14-4-2-3-5-16(14)31-19(22)23/h2-10,19H,11H2,1H3,(H,25,27). The molecule has 0 aliphatic heterocycles. The topological polar surface area (TPSA) is 73.2 Å². The van der Waals surface area contributed by atoms with Gasteiger partial charge in [-0.2, -0.15) is 8.78 Å². The Labute approximate surface area is 184 Å². The number of imidazole rings is 1. The average Bonchev–Trinajstić information content (AvgIpc) is 3.18. The van der Waals surface area contributed by atoms with E-state index >= 15 is 0 Å². The number of esters is 1. The minimum Gasteiger partial charge on any atom is -0.451 e. The lowest BCUT2D eigenvalue weighted by atomic mass is 10.3. The number of nitrogens with zero attached hydrogens (tertiary/aromatic N) is 2. The molecule has 0 radical (unpaired) electrons. The number of benzene rings is 2. The molecule has 1 N–H and O–H groups in total. The van der Waals surface area contributed by atoms with Crippen LogP contribution in [0.2, 0.25) is 0 Å². The quantitative estimate of drug-likeness (QED) is 0.377. The second-order valence-corrected chi connectivity index (χ2v) is 7.75. The number of rotatable bonds is 8. The molecule has 0 aliphatic rings. The summed E-state index contributed by atoms with van der Waals surface area (Å²) < 4.78 is 45.1. The third-order valence-corrected chi connectivity index (χ3v) is 5.36. The first-order valence-electron chi connectivity index (χ1n) is 8.77. The lowest BCUT2D eigenvalue weighted by Gasteiger charge is -2.12. The number of thioether (sulfide) groups is 2. The molecule has 1 heterocycles. The third kappa shape index (κ3) is 5.82. The molecule has 0 saturated heterocycles. The van der Waals surface area contributed by atoms with Crippen molar-refractivity contribution in [2.24, 2.45) is 0 Å². The van der Waals surface area contributed by atoms with Gasteiger partial charge in [0.2, 0.25) is 0 Å². The van der Waals surface area contributed by atoms with E-state index in [2.05, 4.69) is 10.3 Å². The van der Waals surface area contributed by atoms with Gasteiger partial charge in [0, 0.05) is 10.6 Å². The van der Waals surface area contributed by atoms with Gasteiger partial charge in [-0.05, 0) is 42.7 Å². The summed E-state index contributed by atoms with van der Waals surface area (Å²) in [6, 6.07) is 11.5. The summed E-state index contributed by atoms with van der Waals surface area (Å²) in [4.78, 5) is 29.1. The van der Waals surface area contributed by atoms with Gasteiger partial charge in [-0.3, -0.25) is 9.36 Å². The van der Waals surface area contributed by atoms with Crippen molar-refractivity contribution in [2.45, 2.75) is 15.8 Å². The molecule has 1 aromatic heterocycles. The first-order chi connectivity index (χ1) is 14.9. The Morgan fingerprint density at radius 3 is 2.55 bits per heavy atom. The van der Waals surface area contributed by atoms with Crippen LogP contribution < -0.4 is 5.32 Å². The molecular weight excluding hydrogens is 451 g/mol. The molecule has 31 heavy (non-hydrogen) atoms. The molecule has 6 nitrogen and oxygen atoms in total. The molecule has 0 unspecified atom stereocenters. The number of para-hydroxylation sites is 1. The summed E-state index contributed by atoms with van der Waals surface area (Å²) in [6.07, 6.45) is 3.06. The van der Waals surface area contributed by atoms with Crippen molar-refractivity contribution in [3.63, 3.8) is 0 Å². The molecule has 0 aliphatic carbocycles. The van der Waals surface area contributed by atoms with Gasteiger partial charge < -0.3 is 10.1 Å². The Balaban J connectivity index is 1.70. The number of halogens is 3. The molecule has 2 aromatic carbocycles. The van der Waals surface area contributed by atoms with Gasteiger partial charge in [0.25, 0.3) is 11.7 Å². The lowest BCUT2D eigenvalue weighted by molar-refractivity contribution is -0.119. The van der Waals surface area contributed by atoms with E-state index < -0.39 is 30.1 Å². The number of alkyl halides is 2. The highest BCUT2D eigenvalue weighted by Crippen LogP contribution is 2.31. The van der Waals surface area contributed by atoms with Crippen LogP contribution >= 0.6 is 23.5 Å². The van der Waals surface area contributed by atoms with Crippen molar-refractivity contribution in [2.75, 3.05) is 18.2 Å². The van der Waals surface area contributed by atoms with Crippen LogP contribution in [-0.4, -0.2) is 40.0 Å². The van der Waals surface area contributed by atoms with Crippen molar-refractivity contribution < 1.29 is 27.5 Å². The summed E-state index contributed by atoms with van der Waals surface area (Å²) >= 11 is 1.57. The molecule has 0 atom stereocenters. The third-order valence-electron chi connectivity index (χ3n) is 3.92. The molecule has 0 spiro atoms. The zero-order valence-corrected chi connectivity index (χ0v) is 17.7. The lowest BCUT2D eigenvalue weighted by Crippen LogP contribution is -2.22. The largest absolute Gasteiger partial charge is 0.451 e. The highest BCUT2D eigenvalue weighted by atomic mass is 32.2. The smallest absolute Gasteiger partial charge is 0.357 e. The van der Waals surface area contributed by atoms with Crippen molar-refractivity contribution in [3.8, 4) is 5.69 Å². The van der Waals surface area contributed by atoms with E-state index in [9.17, 15) is 22.8 Å². The molecule has 162 valence electrons. The molecule has 0 fully saturated rings.